The summed E-state index contributed by atoms with van der Waals surface area (Å²) >= 11 is 0. The van der Waals surface area contributed by atoms with Crippen molar-refractivity contribution in [2.45, 2.75) is 45.4 Å². The Hall–Kier alpha value is -1.26. The fourth-order valence-electron chi connectivity index (χ4n) is 3.42. The highest BCUT2D eigenvalue weighted by Crippen LogP contribution is 2.28. The second-order valence-corrected chi connectivity index (χ2v) is 6.42. The molecule has 2 fully saturated rings. The van der Waals surface area contributed by atoms with Crippen LogP contribution in [-0.2, 0) is 4.79 Å². The molecule has 2 amide bonds. The SMILES string of the molecule is CC1CCCC(CNC(=O)N2CCC(C(=O)O)CC2)C1. The van der Waals surface area contributed by atoms with Crippen molar-refractivity contribution < 1.29 is 14.7 Å². The van der Waals surface area contributed by atoms with Gasteiger partial charge in [0.1, 0.15) is 0 Å². The predicted molar refractivity (Wildman–Crippen MR) is 76.5 cm³/mol. The van der Waals surface area contributed by atoms with Gasteiger partial charge >= 0.3 is 12.0 Å². The molecule has 0 aromatic carbocycles. The van der Waals surface area contributed by atoms with Gasteiger partial charge in [-0.05, 0) is 37.5 Å². The summed E-state index contributed by atoms with van der Waals surface area (Å²) in [6.45, 7) is 4.17. The van der Waals surface area contributed by atoms with Gasteiger partial charge in [-0.15, -0.1) is 0 Å². The van der Waals surface area contributed by atoms with E-state index < -0.39 is 5.97 Å². The molecule has 5 nitrogen and oxygen atoms in total. The number of rotatable bonds is 3. The molecule has 1 saturated heterocycles. The zero-order valence-corrected chi connectivity index (χ0v) is 12.3. The molecule has 2 N–H and O–H groups in total. The molecule has 0 spiro atoms. The summed E-state index contributed by atoms with van der Waals surface area (Å²) in [7, 11) is 0. The van der Waals surface area contributed by atoms with Crippen molar-refractivity contribution in [3.8, 4) is 0 Å². The van der Waals surface area contributed by atoms with Gasteiger partial charge < -0.3 is 15.3 Å². The van der Waals surface area contributed by atoms with Crippen molar-refractivity contribution >= 4 is 12.0 Å². The number of likely N-dealkylation sites (tertiary alicyclic amines) is 1. The van der Waals surface area contributed by atoms with E-state index in [-0.39, 0.29) is 11.9 Å². The van der Waals surface area contributed by atoms with Crippen LogP contribution in [0.5, 0.6) is 0 Å². The molecule has 1 aliphatic carbocycles. The number of amides is 2. The average molecular weight is 282 g/mol. The number of nitrogens with one attached hydrogen (secondary N) is 1. The van der Waals surface area contributed by atoms with Crippen LogP contribution < -0.4 is 5.32 Å². The highest BCUT2D eigenvalue weighted by molar-refractivity contribution is 5.75. The summed E-state index contributed by atoms with van der Waals surface area (Å²) in [5.41, 5.74) is 0. The van der Waals surface area contributed by atoms with Crippen LogP contribution in [-0.4, -0.2) is 41.6 Å². The van der Waals surface area contributed by atoms with Gasteiger partial charge in [0, 0.05) is 19.6 Å². The van der Waals surface area contributed by atoms with Crippen LogP contribution in [0.2, 0.25) is 0 Å². The molecule has 0 bridgehead atoms. The number of aliphatic carboxylic acids is 1. The first-order valence-corrected chi connectivity index (χ1v) is 7.82. The summed E-state index contributed by atoms with van der Waals surface area (Å²) in [6.07, 6.45) is 6.15. The Kier molecular flexibility index (Phi) is 5.26. The smallest absolute Gasteiger partial charge is 0.317 e. The maximum atomic E-state index is 12.1. The first-order valence-electron chi connectivity index (χ1n) is 7.82. The van der Waals surface area contributed by atoms with Crippen LogP contribution in [0.1, 0.15) is 45.4 Å². The lowest BCUT2D eigenvalue weighted by atomic mass is 9.82. The summed E-state index contributed by atoms with van der Waals surface area (Å²) in [6, 6.07) is -0.0212. The first-order chi connectivity index (χ1) is 9.56. The molecule has 5 heteroatoms. The van der Waals surface area contributed by atoms with E-state index in [1.54, 1.807) is 4.90 Å². The van der Waals surface area contributed by atoms with E-state index in [9.17, 15) is 9.59 Å². The lowest BCUT2D eigenvalue weighted by molar-refractivity contribution is -0.143. The van der Waals surface area contributed by atoms with Crippen LogP contribution in [0.4, 0.5) is 4.79 Å². The van der Waals surface area contributed by atoms with E-state index in [0.29, 0.717) is 31.8 Å². The third-order valence-electron chi connectivity index (χ3n) is 4.72. The van der Waals surface area contributed by atoms with Crippen molar-refractivity contribution in [1.82, 2.24) is 10.2 Å². The van der Waals surface area contributed by atoms with E-state index in [0.717, 1.165) is 12.5 Å². The average Bonchev–Trinajstić information content (AvgIpc) is 2.45. The van der Waals surface area contributed by atoms with Gasteiger partial charge in [-0.2, -0.15) is 0 Å². The standard InChI is InChI=1S/C15H26N2O3/c1-11-3-2-4-12(9-11)10-16-15(20)17-7-5-13(6-8-17)14(18)19/h11-13H,2-10H2,1H3,(H,16,20)(H,18,19). The molecular formula is C15H26N2O3. The monoisotopic (exact) mass is 282 g/mol. The summed E-state index contributed by atoms with van der Waals surface area (Å²) in [5.74, 6) is 0.371. The number of hydrogen-bond donors (Lipinski definition) is 2. The Morgan fingerprint density at radius 1 is 1.20 bits per heavy atom. The van der Waals surface area contributed by atoms with Crippen molar-refractivity contribution in [1.29, 1.82) is 0 Å². The molecule has 0 aromatic rings. The van der Waals surface area contributed by atoms with Gasteiger partial charge in [0.2, 0.25) is 0 Å². The van der Waals surface area contributed by atoms with Gasteiger partial charge in [-0.3, -0.25) is 4.79 Å². The lowest BCUT2D eigenvalue weighted by Crippen LogP contribution is -2.46. The molecule has 1 saturated carbocycles. The van der Waals surface area contributed by atoms with Crippen LogP contribution in [0.15, 0.2) is 0 Å². The van der Waals surface area contributed by atoms with Crippen LogP contribution in [0.25, 0.3) is 0 Å². The van der Waals surface area contributed by atoms with Crippen molar-refractivity contribution in [2.75, 3.05) is 19.6 Å². The van der Waals surface area contributed by atoms with E-state index in [4.69, 9.17) is 5.11 Å². The summed E-state index contributed by atoms with van der Waals surface area (Å²) in [5, 5.41) is 12.0. The van der Waals surface area contributed by atoms with Gasteiger partial charge in [0.05, 0.1) is 5.92 Å². The third-order valence-corrected chi connectivity index (χ3v) is 4.72. The predicted octanol–water partition coefficient (Wildman–Crippen LogP) is 2.32. The summed E-state index contributed by atoms with van der Waals surface area (Å²) < 4.78 is 0. The van der Waals surface area contributed by atoms with Crippen LogP contribution >= 0.6 is 0 Å². The molecule has 2 unspecified atom stereocenters. The number of urea groups is 1. The Balaban J connectivity index is 1.69. The lowest BCUT2D eigenvalue weighted by Gasteiger charge is -2.32. The van der Waals surface area contributed by atoms with Crippen molar-refractivity contribution in [3.63, 3.8) is 0 Å². The number of hydrogen-bond acceptors (Lipinski definition) is 2. The molecule has 1 heterocycles. The largest absolute Gasteiger partial charge is 0.481 e. The summed E-state index contributed by atoms with van der Waals surface area (Å²) in [4.78, 5) is 24.7. The van der Waals surface area contributed by atoms with E-state index in [1.165, 1.54) is 25.7 Å². The Labute approximate surface area is 120 Å². The number of carboxylic acids is 1. The molecule has 0 radical (unpaired) electrons. The molecule has 0 aromatic heterocycles. The number of nitrogens with zero attached hydrogens (tertiary/aromatic N) is 1. The van der Waals surface area contributed by atoms with Gasteiger partial charge in [0.25, 0.3) is 0 Å². The minimum atomic E-state index is -0.735. The second kappa shape index (κ2) is 6.95. The molecule has 20 heavy (non-hydrogen) atoms. The zero-order valence-electron chi connectivity index (χ0n) is 12.3. The van der Waals surface area contributed by atoms with Crippen molar-refractivity contribution in [2.24, 2.45) is 17.8 Å². The van der Waals surface area contributed by atoms with Gasteiger partial charge in [-0.1, -0.05) is 19.8 Å². The third kappa shape index (κ3) is 4.12. The number of piperidine rings is 1. The minimum absolute atomic E-state index is 0.0212. The fraction of sp³-hybridized carbons (Fsp3) is 0.867. The van der Waals surface area contributed by atoms with Crippen molar-refractivity contribution in [3.05, 3.63) is 0 Å². The maximum Gasteiger partial charge on any atom is 0.317 e. The highest BCUT2D eigenvalue weighted by atomic mass is 16.4. The Bertz CT molecular complexity index is 351. The van der Waals surface area contributed by atoms with Crippen LogP contribution in [0, 0.1) is 17.8 Å². The zero-order chi connectivity index (χ0) is 14.5. The maximum absolute atomic E-state index is 12.1. The minimum Gasteiger partial charge on any atom is -0.481 e. The fourth-order valence-corrected chi connectivity index (χ4v) is 3.42. The Morgan fingerprint density at radius 3 is 2.50 bits per heavy atom. The first kappa shape index (κ1) is 15.1. The molecule has 2 atom stereocenters. The number of carboxylic acid groups (broad SMARTS) is 1. The Morgan fingerprint density at radius 2 is 1.90 bits per heavy atom. The molecule has 2 aliphatic rings. The topological polar surface area (TPSA) is 69.6 Å². The molecule has 114 valence electrons. The van der Waals surface area contributed by atoms with Crippen LogP contribution in [0.3, 0.4) is 0 Å². The molecule has 1 aliphatic heterocycles. The molecular weight excluding hydrogens is 256 g/mol. The van der Waals surface area contributed by atoms with Gasteiger partial charge in [0.15, 0.2) is 0 Å². The molecule has 2 rings (SSSR count). The number of carbonyl (C=O) groups is 2. The van der Waals surface area contributed by atoms with E-state index in [2.05, 4.69) is 12.2 Å². The van der Waals surface area contributed by atoms with Gasteiger partial charge in [-0.25, -0.2) is 4.79 Å². The van der Waals surface area contributed by atoms with E-state index in [1.807, 2.05) is 0 Å². The highest BCUT2D eigenvalue weighted by Gasteiger charge is 2.27. The van der Waals surface area contributed by atoms with E-state index >= 15 is 0 Å². The normalized spacial score (nSPS) is 28.1. The number of carbonyl (C=O) groups excluding carboxylic acids is 1. The quantitative estimate of drug-likeness (QED) is 0.834. The second-order valence-electron chi connectivity index (χ2n) is 6.42.